The van der Waals surface area contributed by atoms with Gasteiger partial charge in [-0.3, -0.25) is 9.88 Å². The van der Waals surface area contributed by atoms with Crippen molar-refractivity contribution < 1.29 is 9.47 Å². The molecule has 22 heavy (non-hydrogen) atoms. The van der Waals surface area contributed by atoms with E-state index in [0.717, 1.165) is 25.6 Å². The van der Waals surface area contributed by atoms with Gasteiger partial charge in [0.2, 0.25) is 0 Å². The molecule has 0 unspecified atom stereocenters. The number of likely N-dealkylation sites (tertiary alicyclic amines) is 1. The molecule has 1 spiro atoms. The number of nitrogens with zero attached hydrogens (tertiary/aromatic N) is 2. The summed E-state index contributed by atoms with van der Waals surface area (Å²) < 4.78 is 12.3. The molecule has 3 aliphatic rings. The quantitative estimate of drug-likeness (QED) is 0.856. The van der Waals surface area contributed by atoms with Gasteiger partial charge < -0.3 is 9.47 Å². The maximum atomic E-state index is 6.25. The van der Waals surface area contributed by atoms with E-state index in [4.69, 9.17) is 9.47 Å². The van der Waals surface area contributed by atoms with Crippen LogP contribution in [-0.2, 0) is 16.1 Å². The fourth-order valence-corrected chi connectivity index (χ4v) is 4.08. The standard InChI is InChI=1S/C18H26N2O2/c1-3-16(4-1)20-10-2-7-18(14-20)11-17(13-22-18)21-12-15-5-8-19-9-6-15/h5-6,8-9,16-17H,1-4,7,10-14H2/t17-,18+/m1/s1. The van der Waals surface area contributed by atoms with Crippen LogP contribution in [0, 0.1) is 0 Å². The van der Waals surface area contributed by atoms with E-state index in [1.165, 1.54) is 44.2 Å². The zero-order valence-electron chi connectivity index (χ0n) is 13.2. The van der Waals surface area contributed by atoms with Crippen molar-refractivity contribution in [3.63, 3.8) is 0 Å². The maximum absolute atomic E-state index is 6.25. The minimum atomic E-state index is 0.0662. The van der Waals surface area contributed by atoms with Crippen molar-refractivity contribution in [2.45, 2.75) is 62.9 Å². The molecule has 0 N–H and O–H groups in total. The van der Waals surface area contributed by atoms with Crippen molar-refractivity contribution in [3.8, 4) is 0 Å². The van der Waals surface area contributed by atoms with Gasteiger partial charge in [0.1, 0.15) is 0 Å². The Morgan fingerprint density at radius 3 is 2.91 bits per heavy atom. The third-order valence-electron chi connectivity index (χ3n) is 5.57. The molecule has 1 aromatic heterocycles. The van der Waals surface area contributed by atoms with Gasteiger partial charge in [-0.25, -0.2) is 0 Å². The second-order valence-corrected chi connectivity index (χ2v) is 7.15. The van der Waals surface area contributed by atoms with Gasteiger partial charge >= 0.3 is 0 Å². The van der Waals surface area contributed by atoms with Crippen molar-refractivity contribution in [2.75, 3.05) is 19.7 Å². The van der Waals surface area contributed by atoms with E-state index < -0.39 is 0 Å². The Morgan fingerprint density at radius 1 is 1.27 bits per heavy atom. The molecule has 3 fully saturated rings. The Labute approximate surface area is 132 Å². The Bertz CT molecular complexity index is 491. The lowest BCUT2D eigenvalue weighted by Crippen LogP contribution is -2.53. The average molecular weight is 302 g/mol. The number of rotatable bonds is 4. The van der Waals surface area contributed by atoms with E-state index in [0.29, 0.717) is 6.61 Å². The highest BCUT2D eigenvalue weighted by Gasteiger charge is 2.45. The van der Waals surface area contributed by atoms with E-state index in [-0.39, 0.29) is 11.7 Å². The summed E-state index contributed by atoms with van der Waals surface area (Å²) in [5.41, 5.74) is 1.26. The van der Waals surface area contributed by atoms with Crippen LogP contribution in [0.25, 0.3) is 0 Å². The minimum absolute atomic E-state index is 0.0662. The summed E-state index contributed by atoms with van der Waals surface area (Å²) in [4.78, 5) is 6.72. The molecule has 4 nitrogen and oxygen atoms in total. The molecule has 4 rings (SSSR count). The number of pyridine rings is 1. The smallest absolute Gasteiger partial charge is 0.0841 e. The summed E-state index contributed by atoms with van der Waals surface area (Å²) in [5, 5.41) is 0. The van der Waals surface area contributed by atoms with Gasteiger partial charge in [-0.15, -0.1) is 0 Å². The van der Waals surface area contributed by atoms with Gasteiger partial charge in [0, 0.05) is 31.4 Å². The van der Waals surface area contributed by atoms with Gasteiger partial charge in [-0.1, -0.05) is 6.42 Å². The summed E-state index contributed by atoms with van der Waals surface area (Å²) in [6, 6.07) is 4.87. The van der Waals surface area contributed by atoms with Crippen molar-refractivity contribution >= 4 is 0 Å². The Balaban J connectivity index is 1.31. The Morgan fingerprint density at radius 2 is 2.14 bits per heavy atom. The summed E-state index contributed by atoms with van der Waals surface area (Å²) in [5.74, 6) is 0. The van der Waals surface area contributed by atoms with E-state index in [9.17, 15) is 0 Å². The lowest BCUT2D eigenvalue weighted by Gasteiger charge is -2.46. The SMILES string of the molecule is c1cc(CO[C@H]2CO[C@@]3(CCCN(C4CCC4)C3)C2)ccn1. The highest BCUT2D eigenvalue weighted by atomic mass is 16.6. The highest BCUT2D eigenvalue weighted by Crippen LogP contribution is 2.38. The number of hydrogen-bond donors (Lipinski definition) is 0. The fourth-order valence-electron chi connectivity index (χ4n) is 4.08. The molecule has 0 bridgehead atoms. The van der Waals surface area contributed by atoms with Crippen molar-refractivity contribution in [2.24, 2.45) is 0 Å². The van der Waals surface area contributed by atoms with E-state index >= 15 is 0 Å². The second-order valence-electron chi connectivity index (χ2n) is 7.15. The van der Waals surface area contributed by atoms with Crippen molar-refractivity contribution in [3.05, 3.63) is 30.1 Å². The number of hydrogen-bond acceptors (Lipinski definition) is 4. The van der Waals surface area contributed by atoms with Crippen LogP contribution in [0.4, 0.5) is 0 Å². The normalized spacial score (nSPS) is 33.2. The van der Waals surface area contributed by atoms with Crippen LogP contribution in [0.15, 0.2) is 24.5 Å². The zero-order chi connectivity index (χ0) is 14.8. The molecule has 1 aliphatic carbocycles. The molecule has 0 amide bonds. The first-order valence-corrected chi connectivity index (χ1v) is 8.72. The van der Waals surface area contributed by atoms with E-state index in [1.807, 2.05) is 24.5 Å². The topological polar surface area (TPSA) is 34.6 Å². The molecule has 1 saturated carbocycles. The molecular formula is C18H26N2O2. The largest absolute Gasteiger partial charge is 0.371 e. The van der Waals surface area contributed by atoms with Gasteiger partial charge in [-0.05, 0) is 49.9 Å². The molecule has 2 aliphatic heterocycles. The van der Waals surface area contributed by atoms with Gasteiger partial charge in [0.25, 0.3) is 0 Å². The zero-order valence-corrected chi connectivity index (χ0v) is 13.2. The lowest BCUT2D eigenvalue weighted by atomic mass is 9.84. The van der Waals surface area contributed by atoms with Gasteiger partial charge in [0.15, 0.2) is 0 Å². The summed E-state index contributed by atoms with van der Waals surface area (Å²) >= 11 is 0. The Hall–Kier alpha value is -0.970. The monoisotopic (exact) mass is 302 g/mol. The van der Waals surface area contributed by atoms with Crippen LogP contribution < -0.4 is 0 Å². The molecule has 3 heterocycles. The molecule has 0 radical (unpaired) electrons. The van der Waals surface area contributed by atoms with Crippen molar-refractivity contribution in [1.82, 2.24) is 9.88 Å². The third kappa shape index (κ3) is 3.05. The van der Waals surface area contributed by atoms with Crippen molar-refractivity contribution in [1.29, 1.82) is 0 Å². The minimum Gasteiger partial charge on any atom is -0.371 e. The summed E-state index contributed by atoms with van der Waals surface area (Å²) in [7, 11) is 0. The summed E-state index contributed by atoms with van der Waals surface area (Å²) in [6.07, 6.45) is 11.6. The summed E-state index contributed by atoms with van der Waals surface area (Å²) in [6.45, 7) is 3.80. The van der Waals surface area contributed by atoms with Crippen LogP contribution in [-0.4, -0.2) is 47.3 Å². The fraction of sp³-hybridized carbons (Fsp3) is 0.722. The number of piperidine rings is 1. The molecule has 2 saturated heterocycles. The Kier molecular flexibility index (Phi) is 4.16. The number of aromatic nitrogens is 1. The molecule has 2 atom stereocenters. The number of ether oxygens (including phenoxy) is 2. The first kappa shape index (κ1) is 14.6. The van der Waals surface area contributed by atoms with Crippen LogP contribution >= 0.6 is 0 Å². The van der Waals surface area contributed by atoms with Crippen LogP contribution in [0.2, 0.25) is 0 Å². The third-order valence-corrected chi connectivity index (χ3v) is 5.57. The molecule has 1 aromatic rings. The predicted molar refractivity (Wildman–Crippen MR) is 84.6 cm³/mol. The van der Waals surface area contributed by atoms with Gasteiger partial charge in [-0.2, -0.15) is 0 Å². The molecule has 120 valence electrons. The van der Waals surface area contributed by atoms with Crippen LogP contribution in [0.1, 0.15) is 44.1 Å². The predicted octanol–water partition coefficient (Wildman–Crippen LogP) is 2.77. The average Bonchev–Trinajstić information content (AvgIpc) is 2.87. The van der Waals surface area contributed by atoms with E-state index in [2.05, 4.69) is 9.88 Å². The van der Waals surface area contributed by atoms with Crippen LogP contribution in [0.5, 0.6) is 0 Å². The molecule has 0 aromatic carbocycles. The molecule has 4 heteroatoms. The highest BCUT2D eigenvalue weighted by molar-refractivity contribution is 5.08. The van der Waals surface area contributed by atoms with Gasteiger partial charge in [0.05, 0.1) is 24.9 Å². The first-order chi connectivity index (χ1) is 10.8. The molecular weight excluding hydrogens is 276 g/mol. The first-order valence-electron chi connectivity index (χ1n) is 8.72. The van der Waals surface area contributed by atoms with E-state index in [1.54, 1.807) is 0 Å². The van der Waals surface area contributed by atoms with Crippen LogP contribution in [0.3, 0.4) is 0 Å². The lowest BCUT2D eigenvalue weighted by molar-refractivity contribution is -0.0707. The maximum Gasteiger partial charge on any atom is 0.0841 e. The second kappa shape index (κ2) is 6.26.